The van der Waals surface area contributed by atoms with Gasteiger partial charge in [-0.1, -0.05) is 12.1 Å². The summed E-state index contributed by atoms with van der Waals surface area (Å²) in [4.78, 5) is 26.7. The van der Waals surface area contributed by atoms with Crippen LogP contribution in [0.3, 0.4) is 0 Å². The summed E-state index contributed by atoms with van der Waals surface area (Å²) in [5, 5.41) is 8.99. The number of hydrogen-bond acceptors (Lipinski definition) is 2. The Labute approximate surface area is 118 Å². The topological polar surface area (TPSA) is 60.9 Å². The van der Waals surface area contributed by atoms with Crippen LogP contribution in [0.2, 0.25) is 0 Å². The lowest BCUT2D eigenvalue weighted by molar-refractivity contribution is 0.0696. The Kier molecular flexibility index (Phi) is 4.08. The fourth-order valence-corrected chi connectivity index (χ4v) is 2.36. The summed E-state index contributed by atoms with van der Waals surface area (Å²) in [7, 11) is 0. The number of fused-ring (bicyclic) bond motifs is 1. The lowest BCUT2D eigenvalue weighted by Gasteiger charge is -2.25. The zero-order valence-electron chi connectivity index (χ0n) is 11.5. The second-order valence-electron chi connectivity index (χ2n) is 4.75. The van der Waals surface area contributed by atoms with E-state index in [2.05, 4.69) is 6.58 Å². The Morgan fingerprint density at radius 3 is 2.70 bits per heavy atom. The van der Waals surface area contributed by atoms with Gasteiger partial charge in [0, 0.05) is 26.2 Å². The molecule has 1 aliphatic heterocycles. The van der Waals surface area contributed by atoms with Crippen LogP contribution in [0.1, 0.15) is 28.4 Å². The van der Waals surface area contributed by atoms with Gasteiger partial charge >= 0.3 is 12.0 Å². The van der Waals surface area contributed by atoms with Crippen molar-refractivity contribution in [2.24, 2.45) is 0 Å². The molecule has 2 amide bonds. The Balaban J connectivity index is 2.14. The van der Waals surface area contributed by atoms with E-state index >= 15 is 0 Å². The molecule has 0 saturated carbocycles. The molecule has 0 atom stereocenters. The number of urea groups is 1. The summed E-state index contributed by atoms with van der Waals surface area (Å²) in [6, 6.07) is 4.97. The first kappa shape index (κ1) is 14.1. The Morgan fingerprint density at radius 1 is 1.40 bits per heavy atom. The number of nitrogens with zero attached hydrogens (tertiary/aromatic N) is 2. The molecule has 0 saturated heterocycles. The summed E-state index contributed by atoms with van der Waals surface area (Å²) < 4.78 is 0. The molecule has 0 radical (unpaired) electrons. The van der Waals surface area contributed by atoms with Crippen LogP contribution in [0.4, 0.5) is 4.79 Å². The molecular weight excluding hydrogens is 256 g/mol. The number of amides is 2. The van der Waals surface area contributed by atoms with E-state index in [0.717, 1.165) is 11.1 Å². The Bertz CT molecular complexity index is 554. The standard InChI is InChI=1S/C15H18N2O3/c1-3-7-16(4-2)15(20)17-9-12-6-5-11(14(18)19)8-13(12)10-17/h3,5-6,8H,1,4,7,9-10H2,2H3,(H,18,19). The highest BCUT2D eigenvalue weighted by Gasteiger charge is 2.26. The number of likely N-dealkylation sites (N-methyl/N-ethyl adjacent to an activating group) is 1. The van der Waals surface area contributed by atoms with Crippen LogP contribution in [0.15, 0.2) is 30.9 Å². The van der Waals surface area contributed by atoms with Gasteiger partial charge in [-0.3, -0.25) is 0 Å². The van der Waals surface area contributed by atoms with Gasteiger partial charge in [0.05, 0.1) is 5.56 Å². The maximum atomic E-state index is 12.3. The fourth-order valence-electron chi connectivity index (χ4n) is 2.36. The number of carbonyl (C=O) groups excluding carboxylic acids is 1. The van der Waals surface area contributed by atoms with Crippen molar-refractivity contribution in [1.82, 2.24) is 9.80 Å². The van der Waals surface area contributed by atoms with E-state index < -0.39 is 5.97 Å². The third-order valence-electron chi connectivity index (χ3n) is 3.45. The number of carboxylic acids is 1. The maximum absolute atomic E-state index is 12.3. The third-order valence-corrected chi connectivity index (χ3v) is 3.45. The van der Waals surface area contributed by atoms with Gasteiger partial charge in [-0.2, -0.15) is 0 Å². The normalized spacial score (nSPS) is 12.9. The quantitative estimate of drug-likeness (QED) is 0.857. The number of carboxylic acid groups (broad SMARTS) is 1. The van der Waals surface area contributed by atoms with E-state index in [1.807, 2.05) is 6.92 Å². The van der Waals surface area contributed by atoms with Crippen molar-refractivity contribution >= 4 is 12.0 Å². The Morgan fingerprint density at radius 2 is 2.10 bits per heavy atom. The largest absolute Gasteiger partial charge is 0.478 e. The molecule has 5 nitrogen and oxygen atoms in total. The van der Waals surface area contributed by atoms with E-state index in [0.29, 0.717) is 26.2 Å². The van der Waals surface area contributed by atoms with Crippen LogP contribution in [0, 0.1) is 0 Å². The van der Waals surface area contributed by atoms with Crippen molar-refractivity contribution in [3.63, 3.8) is 0 Å². The molecule has 1 aliphatic rings. The molecule has 0 aromatic heterocycles. The molecule has 5 heteroatoms. The molecule has 1 aromatic carbocycles. The molecule has 2 rings (SSSR count). The van der Waals surface area contributed by atoms with E-state index in [1.54, 1.807) is 34.1 Å². The van der Waals surface area contributed by atoms with Gasteiger partial charge in [-0.25, -0.2) is 9.59 Å². The van der Waals surface area contributed by atoms with Crippen molar-refractivity contribution in [2.45, 2.75) is 20.0 Å². The Hall–Kier alpha value is -2.30. The molecule has 0 aliphatic carbocycles. The molecule has 0 spiro atoms. The number of carbonyl (C=O) groups is 2. The van der Waals surface area contributed by atoms with Crippen LogP contribution < -0.4 is 0 Å². The average molecular weight is 274 g/mol. The van der Waals surface area contributed by atoms with Gasteiger partial charge < -0.3 is 14.9 Å². The number of benzene rings is 1. The van der Waals surface area contributed by atoms with Crippen LogP contribution >= 0.6 is 0 Å². The second kappa shape index (κ2) is 5.77. The van der Waals surface area contributed by atoms with Crippen LogP contribution in [0.25, 0.3) is 0 Å². The summed E-state index contributed by atoms with van der Waals surface area (Å²) in [6.07, 6.45) is 1.70. The summed E-state index contributed by atoms with van der Waals surface area (Å²) in [6.45, 7) is 7.70. The number of hydrogen-bond donors (Lipinski definition) is 1. The number of aromatic carboxylic acids is 1. The fraction of sp³-hybridized carbons (Fsp3) is 0.333. The molecule has 1 heterocycles. The highest BCUT2D eigenvalue weighted by molar-refractivity contribution is 5.88. The van der Waals surface area contributed by atoms with E-state index in [-0.39, 0.29) is 11.6 Å². The third kappa shape index (κ3) is 2.66. The SMILES string of the molecule is C=CCN(CC)C(=O)N1Cc2ccc(C(=O)O)cc2C1. The van der Waals surface area contributed by atoms with Gasteiger partial charge in [0.2, 0.25) is 0 Å². The van der Waals surface area contributed by atoms with Crippen molar-refractivity contribution in [1.29, 1.82) is 0 Å². The number of rotatable bonds is 4. The monoisotopic (exact) mass is 274 g/mol. The maximum Gasteiger partial charge on any atom is 0.335 e. The molecule has 1 N–H and O–H groups in total. The van der Waals surface area contributed by atoms with E-state index in [9.17, 15) is 9.59 Å². The minimum absolute atomic E-state index is 0.0412. The molecule has 0 bridgehead atoms. The molecular formula is C15H18N2O3. The van der Waals surface area contributed by atoms with Crippen LogP contribution in [-0.4, -0.2) is 40.0 Å². The van der Waals surface area contributed by atoms with Gasteiger partial charge in [0.15, 0.2) is 0 Å². The van der Waals surface area contributed by atoms with Gasteiger partial charge in [0.1, 0.15) is 0 Å². The zero-order valence-corrected chi connectivity index (χ0v) is 11.5. The molecule has 106 valence electrons. The van der Waals surface area contributed by atoms with E-state index in [4.69, 9.17) is 5.11 Å². The van der Waals surface area contributed by atoms with E-state index in [1.165, 1.54) is 0 Å². The smallest absolute Gasteiger partial charge is 0.335 e. The lowest BCUT2D eigenvalue weighted by Crippen LogP contribution is -2.40. The highest BCUT2D eigenvalue weighted by atomic mass is 16.4. The minimum atomic E-state index is -0.945. The summed E-state index contributed by atoms with van der Waals surface area (Å²) in [5.74, 6) is -0.945. The van der Waals surface area contributed by atoms with Gasteiger partial charge in [-0.15, -0.1) is 6.58 Å². The molecule has 1 aromatic rings. The first-order valence-corrected chi connectivity index (χ1v) is 6.56. The lowest BCUT2D eigenvalue weighted by atomic mass is 10.1. The van der Waals surface area contributed by atoms with Crippen molar-refractivity contribution in [3.05, 3.63) is 47.5 Å². The highest BCUT2D eigenvalue weighted by Crippen LogP contribution is 2.25. The van der Waals surface area contributed by atoms with Crippen LogP contribution in [0.5, 0.6) is 0 Å². The first-order chi connectivity index (χ1) is 9.56. The van der Waals surface area contributed by atoms with Crippen LogP contribution in [-0.2, 0) is 13.1 Å². The summed E-state index contributed by atoms with van der Waals surface area (Å²) >= 11 is 0. The minimum Gasteiger partial charge on any atom is -0.478 e. The summed E-state index contributed by atoms with van der Waals surface area (Å²) in [5.41, 5.74) is 2.18. The van der Waals surface area contributed by atoms with Crippen molar-refractivity contribution < 1.29 is 14.7 Å². The predicted molar refractivity (Wildman–Crippen MR) is 75.5 cm³/mol. The van der Waals surface area contributed by atoms with Crippen molar-refractivity contribution in [3.8, 4) is 0 Å². The first-order valence-electron chi connectivity index (χ1n) is 6.56. The van der Waals surface area contributed by atoms with Gasteiger partial charge in [-0.05, 0) is 30.2 Å². The average Bonchev–Trinajstić information content (AvgIpc) is 2.86. The zero-order chi connectivity index (χ0) is 14.7. The van der Waals surface area contributed by atoms with Crippen molar-refractivity contribution in [2.75, 3.05) is 13.1 Å². The molecule has 20 heavy (non-hydrogen) atoms. The molecule has 0 unspecified atom stereocenters. The predicted octanol–water partition coefficient (Wildman–Crippen LogP) is 2.33. The second-order valence-corrected chi connectivity index (χ2v) is 4.75. The van der Waals surface area contributed by atoms with Gasteiger partial charge in [0.25, 0.3) is 0 Å². The molecule has 0 fully saturated rings.